The minimum absolute atomic E-state index is 0.243. The van der Waals surface area contributed by atoms with Gasteiger partial charge < -0.3 is 9.80 Å². The summed E-state index contributed by atoms with van der Waals surface area (Å²) in [5.74, 6) is 0.243. The number of anilines is 1. The Balaban J connectivity index is 1.81. The zero-order chi connectivity index (χ0) is 16.6. The van der Waals surface area contributed by atoms with Crippen molar-refractivity contribution in [3.63, 3.8) is 0 Å². The Hall–Kier alpha value is -2.10. The average molecular weight is 311 g/mol. The Kier molecular flexibility index (Phi) is 4.00. The first-order valence-corrected chi connectivity index (χ1v) is 8.26. The van der Waals surface area contributed by atoms with E-state index in [0.717, 1.165) is 31.7 Å². The lowest BCUT2D eigenvalue weighted by Gasteiger charge is -2.39. The summed E-state index contributed by atoms with van der Waals surface area (Å²) in [5.41, 5.74) is 3.19. The molecule has 4 heteroatoms. The standard InChI is InChI=1S/C19H25N3O/c1-14-5-6-16-15(13-14)17(7-8-20-16)21-9-11-22(12-10-21)18(23)19(2,3)4/h5-8,13H,9-12H2,1-4H3. The van der Waals surface area contributed by atoms with E-state index in [1.54, 1.807) is 0 Å². The van der Waals surface area contributed by atoms with Crippen molar-refractivity contribution < 1.29 is 4.79 Å². The summed E-state index contributed by atoms with van der Waals surface area (Å²) < 4.78 is 0. The quantitative estimate of drug-likeness (QED) is 0.811. The molecule has 1 aromatic carbocycles. The van der Waals surface area contributed by atoms with Crippen LogP contribution in [0.1, 0.15) is 26.3 Å². The summed E-state index contributed by atoms with van der Waals surface area (Å²) in [6.45, 7) is 11.4. The van der Waals surface area contributed by atoms with Gasteiger partial charge in [0.1, 0.15) is 0 Å². The second-order valence-corrected chi connectivity index (χ2v) is 7.38. The van der Waals surface area contributed by atoms with E-state index < -0.39 is 0 Å². The van der Waals surface area contributed by atoms with Crippen LogP contribution >= 0.6 is 0 Å². The van der Waals surface area contributed by atoms with Crippen molar-refractivity contribution in [1.29, 1.82) is 0 Å². The third-order valence-electron chi connectivity index (χ3n) is 4.42. The molecule has 0 unspecified atom stereocenters. The highest BCUT2D eigenvalue weighted by molar-refractivity contribution is 5.92. The number of carbonyl (C=O) groups is 1. The van der Waals surface area contributed by atoms with Crippen LogP contribution in [0.5, 0.6) is 0 Å². The largest absolute Gasteiger partial charge is 0.367 e. The molecule has 0 spiro atoms. The van der Waals surface area contributed by atoms with E-state index in [4.69, 9.17) is 0 Å². The fourth-order valence-corrected chi connectivity index (χ4v) is 3.15. The summed E-state index contributed by atoms with van der Waals surface area (Å²) >= 11 is 0. The van der Waals surface area contributed by atoms with Gasteiger partial charge in [0.25, 0.3) is 0 Å². The van der Waals surface area contributed by atoms with Crippen LogP contribution in [0.25, 0.3) is 10.9 Å². The molecule has 1 aliphatic rings. The number of carbonyl (C=O) groups excluding carboxylic acids is 1. The van der Waals surface area contributed by atoms with Crippen LogP contribution in [0, 0.1) is 12.3 Å². The molecule has 1 saturated heterocycles. The van der Waals surface area contributed by atoms with Crippen LogP contribution in [0.2, 0.25) is 0 Å². The highest BCUT2D eigenvalue weighted by Crippen LogP contribution is 2.28. The molecule has 0 saturated carbocycles. The van der Waals surface area contributed by atoms with Crippen molar-refractivity contribution in [2.75, 3.05) is 31.1 Å². The predicted octanol–water partition coefficient (Wildman–Crippen LogP) is 3.24. The predicted molar refractivity (Wildman–Crippen MR) is 94.7 cm³/mol. The number of nitrogens with zero attached hydrogens (tertiary/aromatic N) is 3. The molecule has 2 aromatic rings. The van der Waals surface area contributed by atoms with Crippen LogP contribution in [-0.2, 0) is 4.79 Å². The number of piperazine rings is 1. The van der Waals surface area contributed by atoms with Gasteiger partial charge in [-0.25, -0.2) is 0 Å². The summed E-state index contributed by atoms with van der Waals surface area (Å²) in [6, 6.07) is 8.46. The number of pyridine rings is 1. The lowest BCUT2D eigenvalue weighted by atomic mass is 9.94. The molecule has 1 aromatic heterocycles. The van der Waals surface area contributed by atoms with Crippen molar-refractivity contribution in [1.82, 2.24) is 9.88 Å². The molecule has 0 radical (unpaired) electrons. The third kappa shape index (κ3) is 3.16. The van der Waals surface area contributed by atoms with Crippen molar-refractivity contribution in [2.45, 2.75) is 27.7 Å². The molecular formula is C19H25N3O. The van der Waals surface area contributed by atoms with Crippen molar-refractivity contribution in [3.05, 3.63) is 36.0 Å². The minimum Gasteiger partial charge on any atom is -0.367 e. The molecule has 1 amide bonds. The summed E-state index contributed by atoms with van der Waals surface area (Å²) in [4.78, 5) is 21.2. The van der Waals surface area contributed by atoms with Gasteiger partial charge in [0.2, 0.25) is 5.91 Å². The smallest absolute Gasteiger partial charge is 0.228 e. The first kappa shape index (κ1) is 15.8. The van der Waals surface area contributed by atoms with Gasteiger partial charge in [-0.2, -0.15) is 0 Å². The summed E-state index contributed by atoms with van der Waals surface area (Å²) in [5, 5.41) is 1.20. The number of rotatable bonds is 1. The number of amides is 1. The Morgan fingerprint density at radius 2 is 1.78 bits per heavy atom. The zero-order valence-electron chi connectivity index (χ0n) is 14.5. The van der Waals surface area contributed by atoms with E-state index in [9.17, 15) is 4.79 Å². The minimum atomic E-state index is -0.303. The number of fused-ring (bicyclic) bond motifs is 1. The first-order valence-electron chi connectivity index (χ1n) is 8.26. The monoisotopic (exact) mass is 311 g/mol. The van der Waals surface area contributed by atoms with Crippen LogP contribution in [-0.4, -0.2) is 42.0 Å². The maximum Gasteiger partial charge on any atom is 0.228 e. The van der Waals surface area contributed by atoms with Gasteiger partial charge in [-0.15, -0.1) is 0 Å². The number of aromatic nitrogens is 1. The highest BCUT2D eigenvalue weighted by atomic mass is 16.2. The molecule has 1 fully saturated rings. The van der Waals surface area contributed by atoms with E-state index >= 15 is 0 Å². The molecule has 4 nitrogen and oxygen atoms in total. The lowest BCUT2D eigenvalue weighted by Crippen LogP contribution is -2.51. The molecule has 0 aliphatic carbocycles. The zero-order valence-corrected chi connectivity index (χ0v) is 14.5. The van der Waals surface area contributed by atoms with Crippen LogP contribution in [0.4, 0.5) is 5.69 Å². The van der Waals surface area contributed by atoms with Gasteiger partial charge >= 0.3 is 0 Å². The van der Waals surface area contributed by atoms with Gasteiger partial charge in [-0.3, -0.25) is 9.78 Å². The Morgan fingerprint density at radius 3 is 2.43 bits per heavy atom. The number of benzene rings is 1. The SMILES string of the molecule is Cc1ccc2nccc(N3CCN(C(=O)C(C)(C)C)CC3)c2c1. The lowest BCUT2D eigenvalue weighted by molar-refractivity contribution is -0.139. The Morgan fingerprint density at radius 1 is 1.09 bits per heavy atom. The molecular weight excluding hydrogens is 286 g/mol. The van der Waals surface area contributed by atoms with E-state index in [1.807, 2.05) is 31.9 Å². The van der Waals surface area contributed by atoms with E-state index in [-0.39, 0.29) is 11.3 Å². The molecule has 0 atom stereocenters. The maximum atomic E-state index is 12.4. The summed E-state index contributed by atoms with van der Waals surface area (Å²) in [7, 11) is 0. The fourth-order valence-electron chi connectivity index (χ4n) is 3.15. The normalized spacial score (nSPS) is 16.0. The van der Waals surface area contributed by atoms with E-state index in [0.29, 0.717) is 0 Å². The van der Waals surface area contributed by atoms with E-state index in [2.05, 4.69) is 41.1 Å². The van der Waals surface area contributed by atoms with Crippen molar-refractivity contribution >= 4 is 22.5 Å². The number of hydrogen-bond donors (Lipinski definition) is 0. The third-order valence-corrected chi connectivity index (χ3v) is 4.42. The molecule has 1 aliphatic heterocycles. The molecule has 3 rings (SSSR count). The fraction of sp³-hybridized carbons (Fsp3) is 0.474. The van der Waals surface area contributed by atoms with Gasteiger partial charge in [-0.1, -0.05) is 32.4 Å². The average Bonchev–Trinajstić information content (AvgIpc) is 2.53. The van der Waals surface area contributed by atoms with Crippen LogP contribution in [0.3, 0.4) is 0 Å². The topological polar surface area (TPSA) is 36.4 Å². The van der Waals surface area contributed by atoms with E-state index in [1.165, 1.54) is 16.6 Å². The molecule has 122 valence electrons. The molecule has 23 heavy (non-hydrogen) atoms. The maximum absolute atomic E-state index is 12.4. The van der Waals surface area contributed by atoms with Crippen molar-refractivity contribution in [2.24, 2.45) is 5.41 Å². The molecule has 0 bridgehead atoms. The van der Waals surface area contributed by atoms with Crippen LogP contribution in [0.15, 0.2) is 30.5 Å². The Labute approximate surface area is 138 Å². The van der Waals surface area contributed by atoms with Crippen LogP contribution < -0.4 is 4.90 Å². The van der Waals surface area contributed by atoms with Gasteiger partial charge in [0, 0.05) is 48.9 Å². The number of aryl methyl sites for hydroxylation is 1. The second kappa shape index (κ2) is 5.84. The second-order valence-electron chi connectivity index (χ2n) is 7.38. The van der Waals surface area contributed by atoms with Gasteiger partial charge in [0.05, 0.1) is 5.52 Å². The van der Waals surface area contributed by atoms with Gasteiger partial charge in [-0.05, 0) is 25.1 Å². The molecule has 0 N–H and O–H groups in total. The molecule has 2 heterocycles. The van der Waals surface area contributed by atoms with Crippen molar-refractivity contribution in [3.8, 4) is 0 Å². The highest BCUT2D eigenvalue weighted by Gasteiger charge is 2.30. The first-order chi connectivity index (χ1) is 10.9. The van der Waals surface area contributed by atoms with Gasteiger partial charge in [0.15, 0.2) is 0 Å². The summed E-state index contributed by atoms with van der Waals surface area (Å²) in [6.07, 6.45) is 1.87. The number of hydrogen-bond acceptors (Lipinski definition) is 3. The Bertz CT molecular complexity index is 725.